The molecule has 1 N–H and O–H groups in total. The lowest BCUT2D eigenvalue weighted by Crippen LogP contribution is -2.13. The summed E-state index contributed by atoms with van der Waals surface area (Å²) in [5, 5.41) is 17.6. The maximum absolute atomic E-state index is 12.6. The van der Waals surface area contributed by atoms with Gasteiger partial charge in [0.1, 0.15) is 4.47 Å². The van der Waals surface area contributed by atoms with Gasteiger partial charge >= 0.3 is 11.8 Å². The number of rotatable bonds is 8. The number of hydrogen-bond acceptors (Lipinski definition) is 6. The summed E-state index contributed by atoms with van der Waals surface area (Å²) in [5.41, 5.74) is 2.12. The Hall–Kier alpha value is -3.53. The average molecular weight is 487 g/mol. The second kappa shape index (κ2) is 9.98. The van der Waals surface area contributed by atoms with Crippen LogP contribution >= 0.6 is 15.9 Å². The van der Waals surface area contributed by atoms with Crippen LogP contribution in [0.3, 0.4) is 0 Å². The van der Waals surface area contributed by atoms with Crippen molar-refractivity contribution >= 4 is 39.3 Å². The van der Waals surface area contributed by atoms with Crippen molar-refractivity contribution in [2.45, 2.75) is 19.9 Å². The molecule has 0 radical (unpaired) electrons. The summed E-state index contributed by atoms with van der Waals surface area (Å²) in [6.07, 6.45) is 2.26. The highest BCUT2D eigenvalue weighted by atomic mass is 79.9. The van der Waals surface area contributed by atoms with Gasteiger partial charge in [0.05, 0.1) is 30.0 Å². The zero-order valence-electron chi connectivity index (χ0n) is 16.6. The van der Waals surface area contributed by atoms with Gasteiger partial charge in [-0.1, -0.05) is 19.1 Å². The van der Waals surface area contributed by atoms with E-state index in [9.17, 15) is 19.7 Å². The first kappa shape index (κ1) is 22.2. The number of nitrogens with zero attached hydrogens (tertiary/aromatic N) is 3. The minimum absolute atomic E-state index is 0.266. The van der Waals surface area contributed by atoms with Gasteiger partial charge in [-0.15, -0.1) is 0 Å². The Morgan fingerprint density at radius 3 is 2.58 bits per heavy atom. The molecule has 0 bridgehead atoms. The SMILES string of the molecule is CCCOC(=O)c1ccc(NC(=O)c2cccc(Cn3cc(Br)c([N+](=O)[O-])n3)c2)cc1. The fourth-order valence-electron chi connectivity index (χ4n) is 2.76. The van der Waals surface area contributed by atoms with Crippen molar-refractivity contribution in [2.24, 2.45) is 0 Å². The van der Waals surface area contributed by atoms with E-state index in [1.807, 2.05) is 6.92 Å². The number of hydrogen-bond donors (Lipinski definition) is 1. The van der Waals surface area contributed by atoms with Crippen molar-refractivity contribution < 1.29 is 19.2 Å². The lowest BCUT2D eigenvalue weighted by Gasteiger charge is -2.08. The number of ether oxygens (including phenoxy) is 1. The van der Waals surface area contributed by atoms with Gasteiger partial charge in [0.2, 0.25) is 0 Å². The molecule has 0 atom stereocenters. The Balaban J connectivity index is 1.67. The lowest BCUT2D eigenvalue weighted by atomic mass is 10.1. The third-order valence-electron chi connectivity index (χ3n) is 4.22. The number of anilines is 1. The van der Waals surface area contributed by atoms with Crippen LogP contribution < -0.4 is 5.32 Å². The normalized spacial score (nSPS) is 10.5. The number of halogens is 1. The molecule has 31 heavy (non-hydrogen) atoms. The molecular weight excluding hydrogens is 468 g/mol. The Bertz CT molecular complexity index is 1110. The summed E-state index contributed by atoms with van der Waals surface area (Å²) in [5.74, 6) is -0.996. The van der Waals surface area contributed by atoms with Gasteiger partial charge in [-0.05, 0) is 69.2 Å². The first-order chi connectivity index (χ1) is 14.9. The maximum atomic E-state index is 12.6. The highest BCUT2D eigenvalue weighted by molar-refractivity contribution is 9.10. The summed E-state index contributed by atoms with van der Waals surface area (Å²) in [6, 6.07) is 13.3. The Morgan fingerprint density at radius 1 is 1.19 bits per heavy atom. The molecule has 0 aliphatic heterocycles. The molecule has 3 aromatic rings. The highest BCUT2D eigenvalue weighted by Crippen LogP contribution is 2.22. The fraction of sp³-hybridized carbons (Fsp3) is 0.190. The molecule has 10 heteroatoms. The Kier molecular flexibility index (Phi) is 7.14. The second-order valence-electron chi connectivity index (χ2n) is 6.62. The summed E-state index contributed by atoms with van der Waals surface area (Å²) in [4.78, 5) is 34.8. The molecule has 0 saturated heterocycles. The number of nitrogens with one attached hydrogen (secondary N) is 1. The van der Waals surface area contributed by atoms with Crippen LogP contribution in [0.15, 0.2) is 59.2 Å². The van der Waals surface area contributed by atoms with Crippen molar-refractivity contribution in [3.8, 4) is 0 Å². The van der Waals surface area contributed by atoms with E-state index in [1.54, 1.807) is 48.5 Å². The fourth-order valence-corrected chi connectivity index (χ4v) is 3.22. The molecule has 3 rings (SSSR count). The molecule has 9 nitrogen and oxygen atoms in total. The zero-order valence-corrected chi connectivity index (χ0v) is 18.2. The molecular formula is C21H19BrN4O5. The Labute approximate surface area is 186 Å². The summed E-state index contributed by atoms with van der Waals surface area (Å²) < 4.78 is 6.79. The molecule has 1 amide bonds. The number of amides is 1. The third kappa shape index (κ3) is 5.76. The van der Waals surface area contributed by atoms with E-state index in [0.717, 1.165) is 12.0 Å². The van der Waals surface area contributed by atoms with Crippen LogP contribution in [0, 0.1) is 10.1 Å². The predicted octanol–water partition coefficient (Wildman–Crippen LogP) is 4.42. The van der Waals surface area contributed by atoms with E-state index >= 15 is 0 Å². The Morgan fingerprint density at radius 2 is 1.94 bits per heavy atom. The van der Waals surface area contributed by atoms with Crippen molar-refractivity contribution in [2.75, 3.05) is 11.9 Å². The lowest BCUT2D eigenvalue weighted by molar-refractivity contribution is -0.390. The van der Waals surface area contributed by atoms with Crippen LogP contribution in [0.2, 0.25) is 0 Å². The van der Waals surface area contributed by atoms with Crippen LogP contribution in [0.4, 0.5) is 11.5 Å². The minimum Gasteiger partial charge on any atom is -0.462 e. The van der Waals surface area contributed by atoms with E-state index in [0.29, 0.717) is 23.4 Å². The summed E-state index contributed by atoms with van der Waals surface area (Å²) in [7, 11) is 0. The summed E-state index contributed by atoms with van der Waals surface area (Å²) in [6.45, 7) is 2.54. The van der Waals surface area contributed by atoms with Crippen LogP contribution in [0.5, 0.6) is 0 Å². The molecule has 0 aliphatic carbocycles. The average Bonchev–Trinajstić information content (AvgIpc) is 3.13. The molecule has 0 unspecified atom stereocenters. The summed E-state index contributed by atoms with van der Waals surface area (Å²) >= 11 is 3.11. The molecule has 160 valence electrons. The molecule has 1 heterocycles. The van der Waals surface area contributed by atoms with Crippen molar-refractivity contribution in [1.29, 1.82) is 0 Å². The van der Waals surface area contributed by atoms with Gasteiger partial charge < -0.3 is 20.2 Å². The van der Waals surface area contributed by atoms with Gasteiger partial charge in [0.15, 0.2) is 0 Å². The molecule has 0 fully saturated rings. The van der Waals surface area contributed by atoms with Crippen LogP contribution in [-0.2, 0) is 11.3 Å². The quantitative estimate of drug-likeness (QED) is 0.286. The smallest absolute Gasteiger partial charge is 0.404 e. The molecule has 0 spiro atoms. The van der Waals surface area contributed by atoms with Crippen LogP contribution in [-0.4, -0.2) is 33.2 Å². The van der Waals surface area contributed by atoms with Gasteiger partial charge in [0.25, 0.3) is 5.91 Å². The highest BCUT2D eigenvalue weighted by Gasteiger charge is 2.19. The number of aromatic nitrogens is 2. The monoisotopic (exact) mass is 486 g/mol. The number of carbonyl (C=O) groups is 2. The first-order valence-corrected chi connectivity index (χ1v) is 10.2. The number of nitro groups is 1. The zero-order chi connectivity index (χ0) is 22.4. The van der Waals surface area contributed by atoms with Gasteiger partial charge in [0, 0.05) is 11.3 Å². The molecule has 0 saturated carbocycles. The molecule has 1 aromatic heterocycles. The van der Waals surface area contributed by atoms with Gasteiger partial charge in [-0.2, -0.15) is 4.68 Å². The largest absolute Gasteiger partial charge is 0.462 e. The second-order valence-corrected chi connectivity index (χ2v) is 7.48. The number of benzene rings is 2. The standard InChI is InChI=1S/C21H19BrN4O5/c1-2-10-31-21(28)15-6-8-17(9-7-15)23-20(27)16-5-3-4-14(11-16)12-25-13-18(22)19(24-25)26(29)30/h3-9,11,13H,2,10,12H2,1H3,(H,23,27). The molecule has 0 aliphatic rings. The number of esters is 1. The predicted molar refractivity (Wildman–Crippen MR) is 117 cm³/mol. The number of carbonyl (C=O) groups excluding carboxylic acids is 2. The van der Waals surface area contributed by atoms with E-state index in [1.165, 1.54) is 10.9 Å². The van der Waals surface area contributed by atoms with Crippen molar-refractivity contribution in [3.63, 3.8) is 0 Å². The molecule has 2 aromatic carbocycles. The van der Waals surface area contributed by atoms with E-state index in [2.05, 4.69) is 26.3 Å². The van der Waals surface area contributed by atoms with E-state index < -0.39 is 10.9 Å². The van der Waals surface area contributed by atoms with E-state index in [-0.39, 0.29) is 22.7 Å². The van der Waals surface area contributed by atoms with Crippen molar-refractivity contribution in [1.82, 2.24) is 9.78 Å². The minimum atomic E-state index is -0.570. The third-order valence-corrected chi connectivity index (χ3v) is 4.78. The first-order valence-electron chi connectivity index (χ1n) is 9.42. The topological polar surface area (TPSA) is 116 Å². The van der Waals surface area contributed by atoms with Gasteiger partial charge in [-0.3, -0.25) is 4.79 Å². The van der Waals surface area contributed by atoms with Crippen LogP contribution in [0.25, 0.3) is 0 Å². The maximum Gasteiger partial charge on any atom is 0.404 e. The van der Waals surface area contributed by atoms with Crippen molar-refractivity contribution in [3.05, 3.63) is 86.0 Å². The van der Waals surface area contributed by atoms with Crippen LogP contribution in [0.1, 0.15) is 39.6 Å². The van der Waals surface area contributed by atoms with E-state index in [4.69, 9.17) is 4.74 Å². The van der Waals surface area contributed by atoms with Gasteiger partial charge in [-0.25, -0.2) is 4.79 Å².